The van der Waals surface area contributed by atoms with Crippen LogP contribution in [0.15, 0.2) is 22.7 Å². The van der Waals surface area contributed by atoms with E-state index in [1.807, 2.05) is 0 Å². The highest BCUT2D eigenvalue weighted by molar-refractivity contribution is 9.10. The quantitative estimate of drug-likeness (QED) is 0.791. The van der Waals surface area contributed by atoms with Crippen LogP contribution in [0.5, 0.6) is 0 Å². The first-order valence-corrected chi connectivity index (χ1v) is 6.65. The summed E-state index contributed by atoms with van der Waals surface area (Å²) in [5.74, 6) is -0.367. The molecule has 1 aromatic carbocycles. The molecule has 0 bridgehead atoms. The third-order valence-electron chi connectivity index (χ3n) is 2.72. The van der Waals surface area contributed by atoms with Crippen LogP contribution in [0.3, 0.4) is 0 Å². The highest BCUT2D eigenvalue weighted by Gasteiger charge is 2.26. The van der Waals surface area contributed by atoms with Gasteiger partial charge in [0.25, 0.3) is 0 Å². The fourth-order valence-corrected chi connectivity index (χ4v) is 2.04. The third kappa shape index (κ3) is 4.37. The minimum absolute atomic E-state index is 0.338. The second kappa shape index (κ2) is 6.47. The van der Waals surface area contributed by atoms with Crippen molar-refractivity contribution in [3.63, 3.8) is 0 Å². The molecule has 4 heteroatoms. The van der Waals surface area contributed by atoms with Crippen molar-refractivity contribution in [1.29, 1.82) is 0 Å². The lowest BCUT2D eigenvalue weighted by Crippen LogP contribution is -2.29. The first-order chi connectivity index (χ1) is 7.97. The molecule has 1 atom stereocenters. The largest absolute Gasteiger partial charge is 0.385 e. The molecular weight excluding hydrogens is 285 g/mol. The van der Waals surface area contributed by atoms with Crippen molar-refractivity contribution < 1.29 is 9.50 Å². The van der Waals surface area contributed by atoms with Crippen LogP contribution in [0, 0.1) is 5.82 Å². The molecular formula is C13H19BrFNO. The van der Waals surface area contributed by atoms with Crippen LogP contribution in [0.4, 0.5) is 4.39 Å². The molecule has 96 valence electrons. The average Bonchev–Trinajstić information content (AvgIpc) is 2.28. The molecule has 0 aromatic heterocycles. The third-order valence-corrected chi connectivity index (χ3v) is 3.22. The lowest BCUT2D eigenvalue weighted by Gasteiger charge is -2.24. The minimum Gasteiger partial charge on any atom is -0.385 e. The molecule has 2 N–H and O–H groups in total. The van der Waals surface area contributed by atoms with E-state index in [1.54, 1.807) is 19.1 Å². The molecule has 17 heavy (non-hydrogen) atoms. The minimum atomic E-state index is -1.14. The molecule has 0 saturated heterocycles. The lowest BCUT2D eigenvalue weighted by atomic mass is 9.92. The smallest absolute Gasteiger partial charge is 0.129 e. The number of halogens is 2. The number of rotatable bonds is 6. The van der Waals surface area contributed by atoms with Gasteiger partial charge in [-0.25, -0.2) is 4.39 Å². The SMILES string of the molecule is CCCNCCC(C)(O)c1cc(Br)ccc1F. The standard InChI is InChI=1S/C13H19BrFNO/c1-3-7-16-8-6-13(2,17)11-9-10(14)4-5-12(11)15/h4-5,9,16-17H,3,6-8H2,1-2H3. The summed E-state index contributed by atoms with van der Waals surface area (Å²) in [6.45, 7) is 5.31. The molecule has 0 amide bonds. The number of hydrogen-bond acceptors (Lipinski definition) is 2. The van der Waals surface area contributed by atoms with Crippen molar-refractivity contribution in [2.45, 2.75) is 32.3 Å². The van der Waals surface area contributed by atoms with Gasteiger partial charge in [-0.2, -0.15) is 0 Å². The highest BCUT2D eigenvalue weighted by Crippen LogP contribution is 2.28. The van der Waals surface area contributed by atoms with E-state index >= 15 is 0 Å². The van der Waals surface area contributed by atoms with E-state index in [2.05, 4.69) is 28.2 Å². The van der Waals surface area contributed by atoms with Crippen molar-refractivity contribution in [3.8, 4) is 0 Å². The van der Waals surface area contributed by atoms with Crippen LogP contribution in [0.1, 0.15) is 32.3 Å². The zero-order chi connectivity index (χ0) is 12.9. The zero-order valence-electron chi connectivity index (χ0n) is 10.3. The van der Waals surface area contributed by atoms with Crippen LogP contribution < -0.4 is 5.32 Å². The Labute approximate surface area is 110 Å². The van der Waals surface area contributed by atoms with Gasteiger partial charge >= 0.3 is 0 Å². The first kappa shape index (κ1) is 14.6. The summed E-state index contributed by atoms with van der Waals surface area (Å²) in [7, 11) is 0. The molecule has 1 unspecified atom stereocenters. The number of nitrogens with one attached hydrogen (secondary N) is 1. The zero-order valence-corrected chi connectivity index (χ0v) is 11.8. The molecule has 0 aliphatic rings. The van der Waals surface area contributed by atoms with Gasteiger partial charge in [-0.1, -0.05) is 22.9 Å². The summed E-state index contributed by atoms with van der Waals surface area (Å²) in [6, 6.07) is 4.63. The number of benzene rings is 1. The summed E-state index contributed by atoms with van der Waals surface area (Å²) >= 11 is 3.29. The molecule has 1 rings (SSSR count). The van der Waals surface area contributed by atoms with Crippen molar-refractivity contribution in [1.82, 2.24) is 5.32 Å². The second-order valence-electron chi connectivity index (χ2n) is 4.40. The molecule has 0 spiro atoms. The van der Waals surface area contributed by atoms with Gasteiger partial charge in [-0.3, -0.25) is 0 Å². The fourth-order valence-electron chi connectivity index (χ4n) is 1.68. The van der Waals surface area contributed by atoms with Gasteiger partial charge in [0.2, 0.25) is 0 Å². The highest BCUT2D eigenvalue weighted by atomic mass is 79.9. The Bertz CT molecular complexity index is 368. The predicted octanol–water partition coefficient (Wildman–Crippen LogP) is 3.19. The predicted molar refractivity (Wildman–Crippen MR) is 71.4 cm³/mol. The Kier molecular flexibility index (Phi) is 5.56. The molecule has 0 heterocycles. The molecule has 0 fully saturated rings. The van der Waals surface area contributed by atoms with Crippen molar-refractivity contribution in [2.75, 3.05) is 13.1 Å². The Morgan fingerprint density at radius 2 is 2.12 bits per heavy atom. The summed E-state index contributed by atoms with van der Waals surface area (Å²) in [6.07, 6.45) is 1.54. The van der Waals surface area contributed by atoms with E-state index in [0.717, 1.165) is 17.4 Å². The van der Waals surface area contributed by atoms with Gasteiger partial charge in [0.1, 0.15) is 5.82 Å². The van der Waals surface area contributed by atoms with Crippen molar-refractivity contribution in [3.05, 3.63) is 34.1 Å². The molecule has 0 aliphatic heterocycles. The summed E-state index contributed by atoms with van der Waals surface area (Å²) < 4.78 is 14.4. The molecule has 0 saturated carbocycles. The maximum atomic E-state index is 13.6. The number of aliphatic hydroxyl groups is 1. The van der Waals surface area contributed by atoms with Gasteiger partial charge < -0.3 is 10.4 Å². The van der Waals surface area contributed by atoms with E-state index in [0.29, 0.717) is 18.5 Å². The number of hydrogen-bond donors (Lipinski definition) is 2. The Morgan fingerprint density at radius 1 is 1.41 bits per heavy atom. The van der Waals surface area contributed by atoms with Crippen LogP contribution >= 0.6 is 15.9 Å². The molecule has 0 aliphatic carbocycles. The summed E-state index contributed by atoms with van der Waals surface area (Å²) in [5, 5.41) is 13.5. The maximum absolute atomic E-state index is 13.6. The van der Waals surface area contributed by atoms with Gasteiger partial charge in [0.05, 0.1) is 5.60 Å². The Balaban J connectivity index is 2.71. The van der Waals surface area contributed by atoms with Gasteiger partial charge in [-0.05, 0) is 51.1 Å². The summed E-state index contributed by atoms with van der Waals surface area (Å²) in [5.41, 5.74) is -0.806. The van der Waals surface area contributed by atoms with E-state index < -0.39 is 5.60 Å². The molecule has 0 radical (unpaired) electrons. The monoisotopic (exact) mass is 303 g/mol. The van der Waals surface area contributed by atoms with Gasteiger partial charge in [0.15, 0.2) is 0 Å². The van der Waals surface area contributed by atoms with E-state index in [4.69, 9.17) is 0 Å². The fraction of sp³-hybridized carbons (Fsp3) is 0.538. The Hall–Kier alpha value is -0.450. The summed E-state index contributed by atoms with van der Waals surface area (Å²) in [4.78, 5) is 0. The normalized spacial score (nSPS) is 14.6. The second-order valence-corrected chi connectivity index (χ2v) is 5.31. The first-order valence-electron chi connectivity index (χ1n) is 5.86. The molecule has 1 aromatic rings. The maximum Gasteiger partial charge on any atom is 0.129 e. The van der Waals surface area contributed by atoms with E-state index in [9.17, 15) is 9.50 Å². The molecule has 2 nitrogen and oxygen atoms in total. The van der Waals surface area contributed by atoms with Crippen LogP contribution in [-0.2, 0) is 5.60 Å². The van der Waals surface area contributed by atoms with Crippen LogP contribution in [-0.4, -0.2) is 18.2 Å². The van der Waals surface area contributed by atoms with Crippen molar-refractivity contribution in [2.24, 2.45) is 0 Å². The van der Waals surface area contributed by atoms with Gasteiger partial charge in [0, 0.05) is 10.0 Å². The Morgan fingerprint density at radius 3 is 2.76 bits per heavy atom. The average molecular weight is 304 g/mol. The van der Waals surface area contributed by atoms with Crippen LogP contribution in [0.2, 0.25) is 0 Å². The van der Waals surface area contributed by atoms with E-state index in [1.165, 1.54) is 6.07 Å². The van der Waals surface area contributed by atoms with E-state index in [-0.39, 0.29) is 5.82 Å². The van der Waals surface area contributed by atoms with Crippen molar-refractivity contribution >= 4 is 15.9 Å². The lowest BCUT2D eigenvalue weighted by molar-refractivity contribution is 0.0443. The van der Waals surface area contributed by atoms with Gasteiger partial charge in [-0.15, -0.1) is 0 Å². The van der Waals surface area contributed by atoms with Crippen LogP contribution in [0.25, 0.3) is 0 Å². The topological polar surface area (TPSA) is 32.3 Å².